The molecule has 3 rings (SSSR count). The lowest BCUT2D eigenvalue weighted by Crippen LogP contribution is -2.16. The van der Waals surface area contributed by atoms with Gasteiger partial charge in [-0.2, -0.15) is 0 Å². The summed E-state index contributed by atoms with van der Waals surface area (Å²) in [5.74, 6) is -0.505. The first kappa shape index (κ1) is 17.2. The zero-order valence-corrected chi connectivity index (χ0v) is 14.1. The van der Waals surface area contributed by atoms with Crippen molar-refractivity contribution in [2.24, 2.45) is 0 Å². The molecule has 26 heavy (non-hydrogen) atoms. The fraction of sp³-hybridized carbons (Fsp3) is 0.0500. The van der Waals surface area contributed by atoms with Crippen LogP contribution in [-0.4, -0.2) is 16.8 Å². The van der Waals surface area contributed by atoms with Gasteiger partial charge in [0, 0.05) is 30.1 Å². The molecule has 0 atom stereocenters. The van der Waals surface area contributed by atoms with Crippen LogP contribution in [0.25, 0.3) is 11.1 Å². The summed E-state index contributed by atoms with van der Waals surface area (Å²) >= 11 is 0. The Bertz CT molecular complexity index is 993. The van der Waals surface area contributed by atoms with Crippen molar-refractivity contribution in [3.05, 3.63) is 82.8 Å². The monoisotopic (exact) mass is 347 g/mol. The highest BCUT2D eigenvalue weighted by molar-refractivity contribution is 6.04. The van der Waals surface area contributed by atoms with Crippen LogP contribution in [0.4, 0.5) is 11.4 Å². The first-order valence-electron chi connectivity index (χ1n) is 8.00. The van der Waals surface area contributed by atoms with E-state index in [1.54, 1.807) is 30.3 Å². The van der Waals surface area contributed by atoms with Crippen LogP contribution in [0.15, 0.2) is 71.7 Å². The second-order valence-corrected chi connectivity index (χ2v) is 5.71. The minimum atomic E-state index is -0.342. The van der Waals surface area contributed by atoms with E-state index in [0.717, 1.165) is 5.56 Å². The number of nitrogens with one attached hydrogen (secondary N) is 3. The van der Waals surface area contributed by atoms with Crippen LogP contribution in [-0.2, 0) is 4.79 Å². The summed E-state index contributed by atoms with van der Waals surface area (Å²) in [7, 11) is 0. The van der Waals surface area contributed by atoms with E-state index in [9.17, 15) is 14.4 Å². The van der Waals surface area contributed by atoms with Crippen molar-refractivity contribution >= 4 is 23.2 Å². The highest BCUT2D eigenvalue weighted by Crippen LogP contribution is 2.17. The number of amides is 2. The Hall–Kier alpha value is -3.67. The summed E-state index contributed by atoms with van der Waals surface area (Å²) in [6, 6.07) is 17.5. The standard InChI is InChI=1S/C20H17N3O3/c1-13(24)22-16-7-9-17(10-8-16)23-19(25)15-11-18(20(26)21-12-15)14-5-3-2-4-6-14/h2-12H,1H3,(H,21,26)(H,22,24)(H,23,25). The number of aromatic amines is 1. The van der Waals surface area contributed by atoms with E-state index in [1.807, 2.05) is 30.3 Å². The van der Waals surface area contributed by atoms with Gasteiger partial charge in [-0.05, 0) is 35.9 Å². The van der Waals surface area contributed by atoms with Crippen LogP contribution < -0.4 is 16.2 Å². The topological polar surface area (TPSA) is 91.1 Å². The third-order valence-corrected chi connectivity index (χ3v) is 3.71. The van der Waals surface area contributed by atoms with E-state index >= 15 is 0 Å². The highest BCUT2D eigenvalue weighted by atomic mass is 16.2. The molecule has 2 aromatic carbocycles. The van der Waals surface area contributed by atoms with E-state index in [-0.39, 0.29) is 17.4 Å². The van der Waals surface area contributed by atoms with Crippen LogP contribution in [0.3, 0.4) is 0 Å². The number of hydrogen-bond donors (Lipinski definition) is 3. The predicted octanol–water partition coefficient (Wildman–Crippen LogP) is 3.25. The quantitative estimate of drug-likeness (QED) is 0.676. The summed E-state index contributed by atoms with van der Waals surface area (Å²) in [6.07, 6.45) is 1.38. The van der Waals surface area contributed by atoms with Crippen molar-refractivity contribution < 1.29 is 9.59 Å². The van der Waals surface area contributed by atoms with Crippen LogP contribution in [0.2, 0.25) is 0 Å². The van der Waals surface area contributed by atoms with E-state index in [0.29, 0.717) is 22.5 Å². The molecule has 0 saturated carbocycles. The van der Waals surface area contributed by atoms with Crippen LogP contribution in [0.5, 0.6) is 0 Å². The van der Waals surface area contributed by atoms with Gasteiger partial charge >= 0.3 is 0 Å². The van der Waals surface area contributed by atoms with E-state index in [2.05, 4.69) is 15.6 Å². The molecular weight excluding hydrogens is 330 g/mol. The van der Waals surface area contributed by atoms with Gasteiger partial charge in [-0.1, -0.05) is 30.3 Å². The predicted molar refractivity (Wildman–Crippen MR) is 101 cm³/mol. The van der Waals surface area contributed by atoms with Gasteiger partial charge in [0.05, 0.1) is 5.56 Å². The van der Waals surface area contributed by atoms with Crippen LogP contribution in [0, 0.1) is 0 Å². The summed E-state index contributed by atoms with van der Waals surface area (Å²) in [5, 5.41) is 5.42. The number of hydrogen-bond acceptors (Lipinski definition) is 3. The average molecular weight is 347 g/mol. The summed E-state index contributed by atoms with van der Waals surface area (Å²) in [4.78, 5) is 38.2. The number of carbonyl (C=O) groups is 2. The van der Waals surface area contributed by atoms with Crippen molar-refractivity contribution in [3.63, 3.8) is 0 Å². The molecule has 1 heterocycles. The van der Waals surface area contributed by atoms with Gasteiger partial charge in [0.1, 0.15) is 0 Å². The molecule has 2 amide bonds. The molecule has 6 nitrogen and oxygen atoms in total. The zero-order valence-electron chi connectivity index (χ0n) is 14.1. The van der Waals surface area contributed by atoms with Crippen LogP contribution in [0.1, 0.15) is 17.3 Å². The van der Waals surface area contributed by atoms with Gasteiger partial charge in [-0.15, -0.1) is 0 Å². The van der Waals surface area contributed by atoms with E-state index in [1.165, 1.54) is 13.1 Å². The maximum absolute atomic E-state index is 12.5. The van der Waals surface area contributed by atoms with E-state index < -0.39 is 0 Å². The minimum Gasteiger partial charge on any atom is -0.328 e. The van der Waals surface area contributed by atoms with Gasteiger partial charge in [-0.25, -0.2) is 0 Å². The van der Waals surface area contributed by atoms with Gasteiger partial charge in [0.2, 0.25) is 5.91 Å². The van der Waals surface area contributed by atoms with Crippen molar-refractivity contribution in [2.75, 3.05) is 10.6 Å². The molecule has 0 aliphatic rings. The van der Waals surface area contributed by atoms with Gasteiger partial charge < -0.3 is 15.6 Å². The third-order valence-electron chi connectivity index (χ3n) is 3.71. The van der Waals surface area contributed by atoms with Crippen LogP contribution >= 0.6 is 0 Å². The minimum absolute atomic E-state index is 0.163. The summed E-state index contributed by atoms with van der Waals surface area (Å²) in [5.41, 5.74) is 2.48. The fourth-order valence-corrected chi connectivity index (χ4v) is 2.49. The number of benzene rings is 2. The van der Waals surface area contributed by atoms with E-state index in [4.69, 9.17) is 0 Å². The summed E-state index contributed by atoms with van der Waals surface area (Å²) in [6.45, 7) is 1.43. The smallest absolute Gasteiger partial charge is 0.257 e. The number of rotatable bonds is 4. The fourth-order valence-electron chi connectivity index (χ4n) is 2.49. The maximum Gasteiger partial charge on any atom is 0.257 e. The molecule has 3 N–H and O–H groups in total. The van der Waals surface area contributed by atoms with Gasteiger partial charge in [0.15, 0.2) is 0 Å². The number of pyridine rings is 1. The lowest BCUT2D eigenvalue weighted by atomic mass is 10.1. The first-order chi connectivity index (χ1) is 12.5. The van der Waals surface area contributed by atoms with Crippen molar-refractivity contribution in [3.8, 4) is 11.1 Å². The Morgan fingerprint density at radius 3 is 2.12 bits per heavy atom. The molecule has 0 saturated heterocycles. The van der Waals surface area contributed by atoms with Crippen molar-refractivity contribution in [2.45, 2.75) is 6.92 Å². The SMILES string of the molecule is CC(=O)Nc1ccc(NC(=O)c2c[nH]c(=O)c(-c3ccccc3)c2)cc1. The molecule has 3 aromatic rings. The molecule has 0 aliphatic heterocycles. The molecule has 0 radical (unpaired) electrons. The lowest BCUT2D eigenvalue weighted by molar-refractivity contribution is -0.114. The maximum atomic E-state index is 12.5. The molecule has 0 aliphatic carbocycles. The number of carbonyl (C=O) groups excluding carboxylic acids is 2. The Labute approximate surface area is 149 Å². The molecular formula is C20H17N3O3. The second kappa shape index (κ2) is 7.48. The van der Waals surface area contributed by atoms with Crippen molar-refractivity contribution in [1.29, 1.82) is 0 Å². The lowest BCUT2D eigenvalue weighted by Gasteiger charge is -2.08. The Morgan fingerprint density at radius 2 is 1.50 bits per heavy atom. The third kappa shape index (κ3) is 4.05. The number of aromatic nitrogens is 1. The molecule has 0 spiro atoms. The average Bonchev–Trinajstić information content (AvgIpc) is 2.64. The molecule has 1 aromatic heterocycles. The molecule has 6 heteroatoms. The normalized spacial score (nSPS) is 10.2. The van der Waals surface area contributed by atoms with Gasteiger partial charge in [0.25, 0.3) is 11.5 Å². The highest BCUT2D eigenvalue weighted by Gasteiger charge is 2.11. The molecule has 0 bridgehead atoms. The summed E-state index contributed by atoms with van der Waals surface area (Å²) < 4.78 is 0. The Morgan fingerprint density at radius 1 is 0.885 bits per heavy atom. The second-order valence-electron chi connectivity index (χ2n) is 5.71. The van der Waals surface area contributed by atoms with Gasteiger partial charge in [-0.3, -0.25) is 14.4 Å². The molecule has 130 valence electrons. The molecule has 0 unspecified atom stereocenters. The molecule has 0 fully saturated rings. The number of anilines is 2. The Kier molecular flexibility index (Phi) is 4.94. The first-order valence-corrected chi connectivity index (χ1v) is 8.00. The zero-order chi connectivity index (χ0) is 18.5. The Balaban J connectivity index is 1.80. The largest absolute Gasteiger partial charge is 0.328 e. The number of H-pyrrole nitrogens is 1. The van der Waals surface area contributed by atoms with Crippen molar-refractivity contribution in [1.82, 2.24) is 4.98 Å².